The van der Waals surface area contributed by atoms with Crippen LogP contribution in [0, 0.1) is 5.92 Å². The van der Waals surface area contributed by atoms with E-state index in [1.165, 1.54) is 21.2 Å². The summed E-state index contributed by atoms with van der Waals surface area (Å²) in [6.45, 7) is 1.31. The largest absolute Gasteiger partial charge is 0.381 e. The molecule has 2 unspecified atom stereocenters. The Balaban J connectivity index is 1.34. The van der Waals surface area contributed by atoms with Crippen LogP contribution in [-0.4, -0.2) is 42.1 Å². The molecule has 4 atom stereocenters. The maximum Gasteiger partial charge on any atom is 0.325 e. The number of rotatable bonds is 3. The zero-order chi connectivity index (χ0) is 17.7. The van der Waals surface area contributed by atoms with Gasteiger partial charge in [-0.15, -0.1) is 0 Å². The summed E-state index contributed by atoms with van der Waals surface area (Å²) in [5.41, 5.74) is 1.21. The van der Waals surface area contributed by atoms with Crippen molar-refractivity contribution >= 4 is 22.7 Å². The van der Waals surface area contributed by atoms with Gasteiger partial charge in [0.1, 0.15) is 6.04 Å². The van der Waals surface area contributed by atoms with E-state index < -0.39 is 6.04 Å². The van der Waals surface area contributed by atoms with Gasteiger partial charge in [-0.1, -0.05) is 42.5 Å². The van der Waals surface area contributed by atoms with Gasteiger partial charge in [-0.3, -0.25) is 9.69 Å². The molecule has 0 bridgehead atoms. The average molecular weight is 350 g/mol. The molecule has 0 spiro atoms. The number of amides is 3. The summed E-state index contributed by atoms with van der Waals surface area (Å²) in [6.07, 6.45) is 2.74. The molecule has 3 amide bonds. The second kappa shape index (κ2) is 6.09. The van der Waals surface area contributed by atoms with Gasteiger partial charge in [-0.2, -0.15) is 0 Å². The molecule has 1 saturated carbocycles. The second-order valence-electron chi connectivity index (χ2n) is 7.63. The predicted molar refractivity (Wildman–Crippen MR) is 97.8 cm³/mol. The zero-order valence-corrected chi connectivity index (χ0v) is 14.6. The maximum absolute atomic E-state index is 12.9. The van der Waals surface area contributed by atoms with Crippen LogP contribution < -0.4 is 5.32 Å². The second-order valence-corrected chi connectivity index (χ2v) is 7.63. The minimum Gasteiger partial charge on any atom is -0.381 e. The minimum absolute atomic E-state index is 0.0156. The molecule has 5 rings (SSSR count). The molecule has 2 heterocycles. The van der Waals surface area contributed by atoms with Gasteiger partial charge in [0.25, 0.3) is 5.91 Å². The Labute approximate surface area is 152 Å². The third-order valence-corrected chi connectivity index (χ3v) is 5.96. The summed E-state index contributed by atoms with van der Waals surface area (Å²) in [4.78, 5) is 26.8. The number of carbonyl (C=O) groups is 2. The summed E-state index contributed by atoms with van der Waals surface area (Å²) in [6, 6.07) is 14.0. The Kier molecular flexibility index (Phi) is 3.71. The topological polar surface area (TPSA) is 58.6 Å². The molecular formula is C21H22N2O3. The SMILES string of the molecule is O=C1NC(C2CCCOC2)C(=O)N1[C@@H]1C[C@H]1c1ccc2ccccc2c1. The first-order valence-corrected chi connectivity index (χ1v) is 9.42. The van der Waals surface area contributed by atoms with E-state index in [9.17, 15) is 9.59 Å². The van der Waals surface area contributed by atoms with E-state index in [0.717, 1.165) is 25.9 Å². The highest BCUT2D eigenvalue weighted by atomic mass is 16.5. The number of nitrogens with one attached hydrogen (secondary N) is 1. The van der Waals surface area contributed by atoms with E-state index >= 15 is 0 Å². The van der Waals surface area contributed by atoms with Crippen LogP contribution in [0.25, 0.3) is 10.8 Å². The fraction of sp³-hybridized carbons (Fsp3) is 0.429. The zero-order valence-electron chi connectivity index (χ0n) is 14.6. The van der Waals surface area contributed by atoms with Crippen molar-refractivity contribution in [1.82, 2.24) is 10.2 Å². The molecule has 2 aromatic carbocycles. The quantitative estimate of drug-likeness (QED) is 0.866. The third-order valence-electron chi connectivity index (χ3n) is 5.96. The van der Waals surface area contributed by atoms with E-state index in [4.69, 9.17) is 4.74 Å². The van der Waals surface area contributed by atoms with E-state index in [0.29, 0.717) is 6.61 Å². The van der Waals surface area contributed by atoms with Crippen LogP contribution in [0.3, 0.4) is 0 Å². The maximum atomic E-state index is 12.9. The van der Waals surface area contributed by atoms with Crippen LogP contribution in [0.5, 0.6) is 0 Å². The van der Waals surface area contributed by atoms with Crippen molar-refractivity contribution in [2.24, 2.45) is 5.92 Å². The van der Waals surface area contributed by atoms with Gasteiger partial charge in [-0.25, -0.2) is 4.79 Å². The monoisotopic (exact) mass is 350 g/mol. The van der Waals surface area contributed by atoms with Crippen LogP contribution in [0.2, 0.25) is 0 Å². The molecule has 0 aromatic heterocycles. The highest BCUT2D eigenvalue weighted by Crippen LogP contribution is 2.46. The Morgan fingerprint density at radius 2 is 1.92 bits per heavy atom. The molecule has 3 fully saturated rings. The van der Waals surface area contributed by atoms with Gasteiger partial charge in [0.05, 0.1) is 6.61 Å². The van der Waals surface area contributed by atoms with Gasteiger partial charge in [-0.05, 0) is 35.6 Å². The van der Waals surface area contributed by atoms with Crippen molar-refractivity contribution in [3.63, 3.8) is 0 Å². The molecule has 0 radical (unpaired) electrons. The summed E-state index contributed by atoms with van der Waals surface area (Å²) in [5.74, 6) is 0.275. The van der Waals surface area contributed by atoms with Gasteiger partial charge in [0, 0.05) is 24.5 Å². The lowest BCUT2D eigenvalue weighted by molar-refractivity contribution is -0.130. The van der Waals surface area contributed by atoms with Gasteiger partial charge in [0.2, 0.25) is 0 Å². The van der Waals surface area contributed by atoms with Crippen molar-refractivity contribution in [2.75, 3.05) is 13.2 Å². The van der Waals surface area contributed by atoms with Crippen molar-refractivity contribution in [3.8, 4) is 0 Å². The number of nitrogens with zero attached hydrogens (tertiary/aromatic N) is 1. The van der Waals surface area contributed by atoms with E-state index in [1.807, 2.05) is 12.1 Å². The average Bonchev–Trinajstić information content (AvgIpc) is 3.40. The highest BCUT2D eigenvalue weighted by molar-refractivity contribution is 6.05. The smallest absolute Gasteiger partial charge is 0.325 e. The summed E-state index contributed by atoms with van der Waals surface area (Å²) in [7, 11) is 0. The van der Waals surface area contributed by atoms with Crippen LogP contribution in [0.1, 0.15) is 30.7 Å². The number of imide groups is 1. The van der Waals surface area contributed by atoms with Crippen molar-refractivity contribution in [1.29, 1.82) is 0 Å². The van der Waals surface area contributed by atoms with Crippen molar-refractivity contribution in [3.05, 3.63) is 48.0 Å². The summed E-state index contributed by atoms with van der Waals surface area (Å²) in [5, 5.41) is 5.31. The number of hydrogen-bond donors (Lipinski definition) is 1. The number of hydrogen-bond acceptors (Lipinski definition) is 3. The third kappa shape index (κ3) is 2.58. The van der Waals surface area contributed by atoms with E-state index in [2.05, 4.69) is 35.6 Å². The lowest BCUT2D eigenvalue weighted by atomic mass is 9.94. The standard InChI is InChI=1S/C21H22N2O3/c24-20-19(16-6-3-9-26-12-16)22-21(25)23(20)18-11-17(18)15-8-7-13-4-1-2-5-14(13)10-15/h1-2,4-5,7-8,10,16-19H,3,6,9,11-12H2,(H,22,25)/t16?,17-,18+,19?/m0/s1. The minimum atomic E-state index is -0.416. The molecule has 1 aliphatic carbocycles. The molecule has 5 heteroatoms. The molecule has 134 valence electrons. The first-order valence-electron chi connectivity index (χ1n) is 9.42. The van der Waals surface area contributed by atoms with Gasteiger partial charge in [0.15, 0.2) is 0 Å². The Morgan fingerprint density at radius 1 is 1.08 bits per heavy atom. The van der Waals surface area contributed by atoms with Crippen LogP contribution >= 0.6 is 0 Å². The van der Waals surface area contributed by atoms with Gasteiger partial charge < -0.3 is 10.1 Å². The molecule has 2 aliphatic heterocycles. The Hall–Kier alpha value is -2.40. The molecule has 2 saturated heterocycles. The lowest BCUT2D eigenvalue weighted by Crippen LogP contribution is -2.41. The van der Waals surface area contributed by atoms with Crippen LogP contribution in [0.15, 0.2) is 42.5 Å². The summed E-state index contributed by atoms with van der Waals surface area (Å²) >= 11 is 0. The van der Waals surface area contributed by atoms with Crippen molar-refractivity contribution < 1.29 is 14.3 Å². The van der Waals surface area contributed by atoms with Crippen LogP contribution in [-0.2, 0) is 9.53 Å². The molecule has 26 heavy (non-hydrogen) atoms. The molecular weight excluding hydrogens is 328 g/mol. The first kappa shape index (κ1) is 15.8. The first-order chi connectivity index (χ1) is 12.7. The fourth-order valence-corrected chi connectivity index (χ4v) is 4.44. The number of urea groups is 1. The van der Waals surface area contributed by atoms with Crippen LogP contribution in [0.4, 0.5) is 4.79 Å². The Morgan fingerprint density at radius 3 is 2.73 bits per heavy atom. The molecule has 5 nitrogen and oxygen atoms in total. The normalized spacial score (nSPS) is 31.3. The fourth-order valence-electron chi connectivity index (χ4n) is 4.44. The van der Waals surface area contributed by atoms with Gasteiger partial charge >= 0.3 is 6.03 Å². The Bertz CT molecular complexity index is 874. The number of fused-ring (bicyclic) bond motifs is 1. The lowest BCUT2D eigenvalue weighted by Gasteiger charge is -2.25. The van der Waals surface area contributed by atoms with E-state index in [-0.39, 0.29) is 29.8 Å². The van der Waals surface area contributed by atoms with Crippen molar-refractivity contribution in [2.45, 2.75) is 37.3 Å². The predicted octanol–water partition coefficient (Wildman–Crippen LogP) is 3.04. The number of carbonyl (C=O) groups excluding carboxylic acids is 2. The molecule has 2 aromatic rings. The van der Waals surface area contributed by atoms with E-state index in [1.54, 1.807) is 0 Å². The number of benzene rings is 2. The summed E-state index contributed by atoms with van der Waals surface area (Å²) < 4.78 is 5.50. The number of ether oxygens (including phenoxy) is 1. The molecule has 1 N–H and O–H groups in total. The molecule has 3 aliphatic rings. The highest BCUT2D eigenvalue weighted by Gasteiger charge is 2.53.